The van der Waals surface area contributed by atoms with Gasteiger partial charge < -0.3 is 5.32 Å². The number of carbonyl (C=O) groups is 1. The highest BCUT2D eigenvalue weighted by molar-refractivity contribution is 6.07. The Kier molecular flexibility index (Phi) is 5.06. The zero-order valence-corrected chi connectivity index (χ0v) is 17.9. The summed E-state index contributed by atoms with van der Waals surface area (Å²) in [4.78, 5) is 18.2. The van der Waals surface area contributed by atoms with Crippen molar-refractivity contribution in [3.05, 3.63) is 65.7 Å². The number of hydrogen-bond donors (Lipinski definition) is 1. The molecule has 3 heteroatoms. The molecule has 1 aromatic heterocycles. The number of para-hydroxylation sites is 1. The van der Waals surface area contributed by atoms with E-state index in [1.54, 1.807) is 0 Å². The molecule has 1 amide bonds. The van der Waals surface area contributed by atoms with E-state index in [4.69, 9.17) is 4.98 Å². The summed E-state index contributed by atoms with van der Waals surface area (Å²) >= 11 is 0. The number of nitrogens with one attached hydrogen (secondary N) is 1. The Labute approximate surface area is 178 Å². The molecule has 2 saturated carbocycles. The molecule has 1 N–H and O–H groups in total. The molecule has 0 saturated heterocycles. The minimum absolute atomic E-state index is 0.0234. The van der Waals surface area contributed by atoms with Gasteiger partial charge in [-0.1, -0.05) is 55.8 Å². The second-order valence-corrected chi connectivity index (χ2v) is 9.22. The Bertz CT molecular complexity index is 1070. The summed E-state index contributed by atoms with van der Waals surface area (Å²) < 4.78 is 0. The van der Waals surface area contributed by atoms with E-state index < -0.39 is 0 Å². The molecule has 0 aliphatic heterocycles. The number of carbonyl (C=O) groups excluding carboxylic acids is 1. The van der Waals surface area contributed by atoms with Crippen LogP contribution in [-0.2, 0) is 6.42 Å². The largest absolute Gasteiger partial charge is 0.349 e. The van der Waals surface area contributed by atoms with Crippen LogP contribution in [-0.4, -0.2) is 16.9 Å². The quantitative estimate of drug-likeness (QED) is 0.571. The van der Waals surface area contributed by atoms with Gasteiger partial charge >= 0.3 is 0 Å². The highest BCUT2D eigenvalue weighted by Gasteiger charge is 2.42. The number of fused-ring (bicyclic) bond motifs is 3. The average Bonchev–Trinajstić information content (AvgIpc) is 3.42. The maximum atomic E-state index is 13.4. The van der Waals surface area contributed by atoms with E-state index in [0.717, 1.165) is 46.0 Å². The molecule has 2 bridgehead atoms. The molecule has 3 nitrogen and oxygen atoms in total. The second-order valence-electron chi connectivity index (χ2n) is 9.22. The highest BCUT2D eigenvalue weighted by Crippen LogP contribution is 2.49. The van der Waals surface area contributed by atoms with Crippen molar-refractivity contribution in [1.82, 2.24) is 10.3 Å². The maximum Gasteiger partial charge on any atom is 0.252 e. The smallest absolute Gasteiger partial charge is 0.252 e. The molecular weight excluding hydrogens is 368 g/mol. The second kappa shape index (κ2) is 7.86. The van der Waals surface area contributed by atoms with Gasteiger partial charge in [0.15, 0.2) is 0 Å². The Morgan fingerprint density at radius 3 is 2.60 bits per heavy atom. The molecule has 0 unspecified atom stereocenters. The number of rotatable bonds is 5. The Morgan fingerprint density at radius 2 is 1.90 bits per heavy atom. The Balaban J connectivity index is 1.46. The lowest BCUT2D eigenvalue weighted by Gasteiger charge is -2.28. The van der Waals surface area contributed by atoms with E-state index in [0.29, 0.717) is 5.92 Å². The minimum atomic E-state index is 0.0234. The van der Waals surface area contributed by atoms with Gasteiger partial charge in [0.2, 0.25) is 0 Å². The Morgan fingerprint density at radius 1 is 1.10 bits per heavy atom. The van der Waals surface area contributed by atoms with Crippen molar-refractivity contribution in [2.45, 2.75) is 52.0 Å². The zero-order valence-electron chi connectivity index (χ0n) is 17.9. The molecule has 0 radical (unpaired) electrons. The van der Waals surface area contributed by atoms with Crippen molar-refractivity contribution in [2.24, 2.45) is 17.8 Å². The fourth-order valence-corrected chi connectivity index (χ4v) is 5.72. The summed E-state index contributed by atoms with van der Waals surface area (Å²) in [5, 5.41) is 4.27. The number of aryl methyl sites for hydroxylation is 1. The van der Waals surface area contributed by atoms with Crippen LogP contribution in [0.5, 0.6) is 0 Å². The van der Waals surface area contributed by atoms with Gasteiger partial charge in [-0.25, -0.2) is 4.98 Å². The third kappa shape index (κ3) is 3.51. The summed E-state index contributed by atoms with van der Waals surface area (Å²) in [6, 6.07) is 18.6. The van der Waals surface area contributed by atoms with E-state index in [9.17, 15) is 4.79 Å². The van der Waals surface area contributed by atoms with Crippen LogP contribution in [0, 0.1) is 17.8 Å². The van der Waals surface area contributed by atoms with Gasteiger partial charge in [0, 0.05) is 17.0 Å². The average molecular weight is 399 g/mol. The van der Waals surface area contributed by atoms with Gasteiger partial charge in [0.1, 0.15) is 0 Å². The lowest BCUT2D eigenvalue weighted by atomic mass is 9.84. The summed E-state index contributed by atoms with van der Waals surface area (Å²) in [6.45, 7) is 4.35. The van der Waals surface area contributed by atoms with Crippen LogP contribution in [0.15, 0.2) is 54.6 Å². The zero-order chi connectivity index (χ0) is 20.7. The minimum Gasteiger partial charge on any atom is -0.349 e. The third-order valence-corrected chi connectivity index (χ3v) is 7.41. The normalized spacial score (nSPS) is 23.6. The first-order valence-electron chi connectivity index (χ1n) is 11.4. The van der Waals surface area contributed by atoms with Gasteiger partial charge in [-0.15, -0.1) is 0 Å². The highest BCUT2D eigenvalue weighted by atomic mass is 16.1. The van der Waals surface area contributed by atoms with Crippen LogP contribution in [0.25, 0.3) is 22.2 Å². The number of hydrogen-bond acceptors (Lipinski definition) is 2. The molecule has 2 fully saturated rings. The fraction of sp³-hybridized carbons (Fsp3) is 0.407. The van der Waals surface area contributed by atoms with Crippen LogP contribution >= 0.6 is 0 Å². The lowest BCUT2D eigenvalue weighted by Crippen LogP contribution is -2.40. The predicted octanol–water partition coefficient (Wildman–Crippen LogP) is 6.02. The van der Waals surface area contributed by atoms with Crippen molar-refractivity contribution in [3.63, 3.8) is 0 Å². The number of aromatic nitrogens is 1. The molecule has 154 valence electrons. The molecule has 30 heavy (non-hydrogen) atoms. The lowest BCUT2D eigenvalue weighted by molar-refractivity contribution is 0.0917. The molecule has 2 aliphatic rings. The monoisotopic (exact) mass is 398 g/mol. The van der Waals surface area contributed by atoms with Gasteiger partial charge in [0.25, 0.3) is 5.91 Å². The van der Waals surface area contributed by atoms with Gasteiger partial charge in [0.05, 0.1) is 16.8 Å². The number of nitrogens with zero attached hydrogens (tertiary/aromatic N) is 1. The summed E-state index contributed by atoms with van der Waals surface area (Å²) in [6.07, 6.45) is 6.38. The van der Waals surface area contributed by atoms with Crippen LogP contribution in [0.3, 0.4) is 0 Å². The fourth-order valence-electron chi connectivity index (χ4n) is 5.72. The molecule has 2 aliphatic carbocycles. The first-order valence-corrected chi connectivity index (χ1v) is 11.4. The van der Waals surface area contributed by atoms with E-state index >= 15 is 0 Å². The van der Waals surface area contributed by atoms with Crippen LogP contribution in [0.2, 0.25) is 0 Å². The van der Waals surface area contributed by atoms with Crippen molar-refractivity contribution in [3.8, 4) is 11.3 Å². The molecule has 5 rings (SSSR count). The van der Waals surface area contributed by atoms with Crippen LogP contribution in [0.1, 0.15) is 55.5 Å². The number of pyridine rings is 1. The van der Waals surface area contributed by atoms with Gasteiger partial charge in [-0.2, -0.15) is 0 Å². The molecule has 0 spiro atoms. The van der Waals surface area contributed by atoms with E-state index in [2.05, 4.69) is 43.4 Å². The number of amides is 1. The van der Waals surface area contributed by atoms with Gasteiger partial charge in [-0.3, -0.25) is 4.79 Å². The van der Waals surface area contributed by atoms with Crippen molar-refractivity contribution >= 4 is 16.8 Å². The predicted molar refractivity (Wildman–Crippen MR) is 122 cm³/mol. The molecular formula is C27H30N2O. The standard InChI is InChI=1S/C27H30N2O/c1-3-18-8-11-20(12-9-18)26-16-24(22-6-4-5-7-25(22)29-26)27(30)28-17(2)23-15-19-10-13-21(23)14-19/h4-9,11-12,16-17,19,21,23H,3,10,13-15H2,1-2H3,(H,28,30)/t17-,19-,21-,23+/m0/s1. The first-order chi connectivity index (χ1) is 14.6. The first kappa shape index (κ1) is 19.3. The number of benzene rings is 2. The summed E-state index contributed by atoms with van der Waals surface area (Å²) in [5.74, 6) is 2.34. The molecule has 1 heterocycles. The van der Waals surface area contributed by atoms with Crippen molar-refractivity contribution in [1.29, 1.82) is 0 Å². The van der Waals surface area contributed by atoms with Crippen molar-refractivity contribution < 1.29 is 4.79 Å². The Hall–Kier alpha value is -2.68. The summed E-state index contributed by atoms with van der Waals surface area (Å²) in [5.41, 5.74) is 4.80. The van der Waals surface area contributed by atoms with E-state index in [1.165, 1.54) is 31.2 Å². The maximum absolute atomic E-state index is 13.4. The van der Waals surface area contributed by atoms with Crippen LogP contribution in [0.4, 0.5) is 0 Å². The third-order valence-electron chi connectivity index (χ3n) is 7.41. The van der Waals surface area contributed by atoms with E-state index in [-0.39, 0.29) is 11.9 Å². The van der Waals surface area contributed by atoms with Gasteiger partial charge in [-0.05, 0) is 68.1 Å². The topological polar surface area (TPSA) is 42.0 Å². The molecule has 4 atom stereocenters. The summed E-state index contributed by atoms with van der Waals surface area (Å²) in [7, 11) is 0. The van der Waals surface area contributed by atoms with E-state index in [1.807, 2.05) is 30.3 Å². The molecule has 2 aromatic carbocycles. The SMILES string of the molecule is CCc1ccc(-c2cc(C(=O)N[C@@H](C)[C@H]3C[C@H]4CC[C@H]3C4)c3ccccc3n2)cc1. The van der Waals surface area contributed by atoms with Crippen molar-refractivity contribution in [2.75, 3.05) is 0 Å². The molecule has 3 aromatic rings. The van der Waals surface area contributed by atoms with Crippen LogP contribution < -0.4 is 5.32 Å².